The van der Waals surface area contributed by atoms with Gasteiger partial charge in [-0.05, 0) is 50.2 Å². The Balaban J connectivity index is 1.43. The van der Waals surface area contributed by atoms with Gasteiger partial charge in [0.2, 0.25) is 0 Å². The van der Waals surface area contributed by atoms with Crippen LogP contribution in [0.2, 0.25) is 0 Å². The van der Waals surface area contributed by atoms with Crippen LogP contribution >= 0.6 is 0 Å². The van der Waals surface area contributed by atoms with Crippen molar-refractivity contribution in [2.24, 2.45) is 4.99 Å². The number of benzene rings is 1. The van der Waals surface area contributed by atoms with Crippen molar-refractivity contribution in [3.63, 3.8) is 0 Å². The van der Waals surface area contributed by atoms with Crippen LogP contribution in [0.15, 0.2) is 52.1 Å². The fourth-order valence-electron chi connectivity index (χ4n) is 3.45. The van der Waals surface area contributed by atoms with Crippen LogP contribution in [-0.2, 0) is 0 Å². The van der Waals surface area contributed by atoms with E-state index in [2.05, 4.69) is 25.8 Å². The molecule has 2 aromatic rings. The smallest absolute Gasteiger partial charge is 0.269 e. The van der Waals surface area contributed by atoms with Crippen LogP contribution in [0.25, 0.3) is 0 Å². The maximum Gasteiger partial charge on any atom is 0.269 e. The Bertz CT molecular complexity index is 785. The number of hydrogen-bond acceptors (Lipinski definition) is 6. The second-order valence-corrected chi connectivity index (χ2v) is 6.88. The van der Waals surface area contributed by atoms with Gasteiger partial charge < -0.3 is 20.4 Å². The summed E-state index contributed by atoms with van der Waals surface area (Å²) in [6, 6.07) is 10.5. The van der Waals surface area contributed by atoms with Crippen LogP contribution in [0.3, 0.4) is 0 Å². The first-order chi connectivity index (χ1) is 14.2. The number of aliphatic imine (C=N–C) groups is 1. The van der Waals surface area contributed by atoms with Crippen molar-refractivity contribution < 1.29 is 9.34 Å². The highest BCUT2D eigenvalue weighted by Crippen LogP contribution is 2.24. The molecule has 9 nitrogen and oxygen atoms in total. The minimum atomic E-state index is -0.404. The second-order valence-electron chi connectivity index (χ2n) is 6.88. The van der Waals surface area contributed by atoms with E-state index in [1.807, 2.05) is 12.1 Å². The number of likely N-dealkylation sites (tertiary alicyclic amines) is 1. The fourth-order valence-corrected chi connectivity index (χ4v) is 3.45. The number of non-ortho nitro benzene ring substituents is 1. The monoisotopic (exact) mass is 400 g/mol. The Morgan fingerprint density at radius 2 is 1.97 bits per heavy atom. The molecule has 0 spiro atoms. The van der Waals surface area contributed by atoms with Gasteiger partial charge in [0.15, 0.2) is 5.96 Å². The zero-order valence-corrected chi connectivity index (χ0v) is 16.6. The number of nitrogens with zero attached hydrogens (tertiary/aromatic N) is 3. The summed E-state index contributed by atoms with van der Waals surface area (Å²) in [4.78, 5) is 17.0. The van der Waals surface area contributed by atoms with Crippen molar-refractivity contribution in [3.8, 4) is 0 Å². The molecule has 0 bridgehead atoms. The number of furan rings is 1. The summed E-state index contributed by atoms with van der Waals surface area (Å²) in [7, 11) is 1.75. The molecule has 2 heterocycles. The minimum Gasteiger partial charge on any atom is -0.468 e. The molecule has 0 radical (unpaired) electrons. The van der Waals surface area contributed by atoms with Gasteiger partial charge in [0, 0.05) is 44.5 Å². The van der Waals surface area contributed by atoms with E-state index in [0.29, 0.717) is 19.6 Å². The zero-order chi connectivity index (χ0) is 20.5. The van der Waals surface area contributed by atoms with Crippen molar-refractivity contribution in [3.05, 3.63) is 58.5 Å². The van der Waals surface area contributed by atoms with Gasteiger partial charge in [0.05, 0.1) is 17.2 Å². The van der Waals surface area contributed by atoms with Crippen molar-refractivity contribution >= 4 is 17.3 Å². The number of nitrogens with one attached hydrogen (secondary N) is 3. The van der Waals surface area contributed by atoms with E-state index in [4.69, 9.17) is 4.42 Å². The second kappa shape index (κ2) is 10.5. The van der Waals surface area contributed by atoms with Crippen LogP contribution in [0.4, 0.5) is 11.4 Å². The largest absolute Gasteiger partial charge is 0.468 e. The Labute approximate surface area is 170 Å². The third-order valence-corrected chi connectivity index (χ3v) is 4.96. The van der Waals surface area contributed by atoms with Crippen LogP contribution in [-0.4, -0.2) is 55.6 Å². The molecule has 3 N–H and O–H groups in total. The molecule has 1 aromatic carbocycles. The number of anilines is 1. The van der Waals surface area contributed by atoms with Crippen molar-refractivity contribution in [2.75, 3.05) is 45.1 Å². The molecule has 1 aliphatic heterocycles. The van der Waals surface area contributed by atoms with E-state index in [9.17, 15) is 10.1 Å². The molecule has 156 valence electrons. The highest BCUT2D eigenvalue weighted by molar-refractivity contribution is 5.79. The van der Waals surface area contributed by atoms with E-state index in [1.54, 1.807) is 25.4 Å². The summed E-state index contributed by atoms with van der Waals surface area (Å²) < 4.78 is 5.65. The highest BCUT2D eigenvalue weighted by atomic mass is 16.6. The average Bonchev–Trinajstić information content (AvgIpc) is 3.45. The first kappa shape index (κ1) is 20.7. The number of nitro benzene ring substituents is 1. The summed E-state index contributed by atoms with van der Waals surface area (Å²) in [5.41, 5.74) is 0.926. The molecule has 0 saturated carbocycles. The molecule has 0 amide bonds. The molecular weight excluding hydrogens is 372 g/mol. The van der Waals surface area contributed by atoms with E-state index in [1.165, 1.54) is 25.0 Å². The molecule has 1 fully saturated rings. The Kier molecular flexibility index (Phi) is 7.46. The molecule has 1 saturated heterocycles. The van der Waals surface area contributed by atoms with Gasteiger partial charge in [-0.2, -0.15) is 0 Å². The lowest BCUT2D eigenvalue weighted by molar-refractivity contribution is -0.384. The topological polar surface area (TPSA) is 108 Å². The maximum atomic E-state index is 10.7. The van der Waals surface area contributed by atoms with Gasteiger partial charge in [0.1, 0.15) is 5.76 Å². The molecule has 9 heteroatoms. The molecule has 1 aromatic heterocycles. The number of guanidine groups is 1. The molecule has 1 unspecified atom stereocenters. The van der Waals surface area contributed by atoms with Gasteiger partial charge in [-0.25, -0.2) is 0 Å². The summed E-state index contributed by atoms with van der Waals surface area (Å²) in [5.74, 6) is 1.70. The Hall–Kier alpha value is -3.07. The lowest BCUT2D eigenvalue weighted by Gasteiger charge is -2.26. The van der Waals surface area contributed by atoms with Crippen molar-refractivity contribution in [1.29, 1.82) is 0 Å². The van der Waals surface area contributed by atoms with Crippen molar-refractivity contribution in [1.82, 2.24) is 15.5 Å². The minimum absolute atomic E-state index is 0.0855. The van der Waals surface area contributed by atoms with Crippen LogP contribution < -0.4 is 16.0 Å². The first-order valence-electron chi connectivity index (χ1n) is 9.87. The first-order valence-corrected chi connectivity index (χ1v) is 9.87. The number of hydrogen-bond donors (Lipinski definition) is 3. The van der Waals surface area contributed by atoms with Gasteiger partial charge in [-0.1, -0.05) is 0 Å². The molecule has 1 atom stereocenters. The quantitative estimate of drug-likeness (QED) is 0.195. The van der Waals surface area contributed by atoms with E-state index >= 15 is 0 Å². The molecule has 3 rings (SSSR count). The summed E-state index contributed by atoms with van der Waals surface area (Å²) in [5, 5.41) is 20.6. The van der Waals surface area contributed by atoms with Crippen molar-refractivity contribution in [2.45, 2.75) is 18.9 Å². The number of nitro groups is 1. The van der Waals surface area contributed by atoms with Gasteiger partial charge in [-0.15, -0.1) is 0 Å². The lowest BCUT2D eigenvalue weighted by atomic mass is 10.2. The average molecular weight is 400 g/mol. The lowest BCUT2D eigenvalue weighted by Crippen LogP contribution is -2.43. The van der Waals surface area contributed by atoms with Crippen LogP contribution in [0, 0.1) is 10.1 Å². The predicted molar refractivity (Wildman–Crippen MR) is 113 cm³/mol. The summed E-state index contributed by atoms with van der Waals surface area (Å²) in [6.45, 7) is 4.19. The van der Waals surface area contributed by atoms with E-state index < -0.39 is 4.92 Å². The molecule has 1 aliphatic rings. The fraction of sp³-hybridized carbons (Fsp3) is 0.450. The van der Waals surface area contributed by atoms with Gasteiger partial charge in [-0.3, -0.25) is 20.0 Å². The third kappa shape index (κ3) is 5.95. The third-order valence-electron chi connectivity index (χ3n) is 4.96. The molecular formula is C20H28N6O3. The van der Waals surface area contributed by atoms with Crippen LogP contribution in [0.1, 0.15) is 24.6 Å². The Morgan fingerprint density at radius 3 is 2.59 bits per heavy atom. The predicted octanol–water partition coefficient (Wildman–Crippen LogP) is 2.60. The Morgan fingerprint density at radius 1 is 1.21 bits per heavy atom. The van der Waals surface area contributed by atoms with Gasteiger partial charge >= 0.3 is 0 Å². The maximum absolute atomic E-state index is 10.7. The van der Waals surface area contributed by atoms with Gasteiger partial charge in [0.25, 0.3) is 5.69 Å². The van der Waals surface area contributed by atoms with E-state index in [-0.39, 0.29) is 11.7 Å². The van der Waals surface area contributed by atoms with Crippen LogP contribution in [0.5, 0.6) is 0 Å². The van der Waals surface area contributed by atoms with E-state index in [0.717, 1.165) is 30.5 Å². The normalized spacial score (nSPS) is 15.8. The zero-order valence-electron chi connectivity index (χ0n) is 16.6. The highest BCUT2D eigenvalue weighted by Gasteiger charge is 2.25. The molecule has 29 heavy (non-hydrogen) atoms. The summed E-state index contributed by atoms with van der Waals surface area (Å²) in [6.07, 6.45) is 4.16. The SMILES string of the molecule is CN=C(NCCNc1ccc([N+](=O)[O-])cc1)NCC(c1ccco1)N1CCCC1. The molecule has 0 aliphatic carbocycles. The summed E-state index contributed by atoms with van der Waals surface area (Å²) >= 11 is 0. The standard InChI is InChI=1S/C20H28N6O3/c1-21-20(23-11-10-22-16-6-8-17(9-7-16)26(27)28)24-15-18(19-5-4-14-29-19)25-12-2-3-13-25/h4-9,14,18,22H,2-3,10-13,15H2,1H3,(H2,21,23,24). The number of rotatable bonds is 9.